The fourth-order valence-corrected chi connectivity index (χ4v) is 3.12. The van der Waals surface area contributed by atoms with Crippen LogP contribution >= 0.6 is 0 Å². The SMILES string of the molecule is O=C1CC(c2ccc(O)cc2)=Nc2ccc(N3CCOCC3)cc21. The highest BCUT2D eigenvalue weighted by molar-refractivity contribution is 6.21. The number of ether oxygens (including phenoxy) is 1. The molecule has 0 unspecified atom stereocenters. The summed E-state index contributed by atoms with van der Waals surface area (Å²) in [6.07, 6.45) is 0.282. The number of fused-ring (bicyclic) bond motifs is 1. The minimum Gasteiger partial charge on any atom is -0.508 e. The molecule has 0 spiro atoms. The van der Waals surface area contributed by atoms with E-state index in [1.165, 1.54) is 0 Å². The highest BCUT2D eigenvalue weighted by Gasteiger charge is 2.22. The molecule has 2 aliphatic heterocycles. The summed E-state index contributed by atoms with van der Waals surface area (Å²) >= 11 is 0. The van der Waals surface area contributed by atoms with Crippen molar-refractivity contribution in [3.05, 3.63) is 53.6 Å². The molecule has 0 radical (unpaired) electrons. The summed E-state index contributed by atoms with van der Waals surface area (Å²) < 4.78 is 5.38. The van der Waals surface area contributed by atoms with Crippen molar-refractivity contribution in [2.75, 3.05) is 31.2 Å². The van der Waals surface area contributed by atoms with Crippen LogP contribution in [-0.2, 0) is 4.74 Å². The van der Waals surface area contributed by atoms with E-state index in [1.54, 1.807) is 24.3 Å². The third kappa shape index (κ3) is 2.78. The first kappa shape index (κ1) is 14.9. The van der Waals surface area contributed by atoms with Gasteiger partial charge in [0.1, 0.15) is 5.75 Å². The van der Waals surface area contributed by atoms with E-state index in [4.69, 9.17) is 4.74 Å². The molecule has 2 aliphatic rings. The van der Waals surface area contributed by atoms with Gasteiger partial charge in [0.05, 0.1) is 31.0 Å². The maximum Gasteiger partial charge on any atom is 0.171 e. The number of carbonyl (C=O) groups is 1. The maximum absolute atomic E-state index is 12.6. The second kappa shape index (κ2) is 6.09. The van der Waals surface area contributed by atoms with Crippen molar-refractivity contribution in [2.24, 2.45) is 4.99 Å². The fourth-order valence-electron chi connectivity index (χ4n) is 3.12. The van der Waals surface area contributed by atoms with E-state index in [0.29, 0.717) is 24.5 Å². The number of Topliss-reactive ketones (excluding diaryl/α,β-unsaturated/α-hetero) is 1. The first-order chi connectivity index (χ1) is 11.7. The summed E-state index contributed by atoms with van der Waals surface area (Å²) in [5, 5.41) is 9.40. The average molecular weight is 322 g/mol. The molecule has 1 fully saturated rings. The molecule has 4 rings (SSSR count). The monoisotopic (exact) mass is 322 g/mol. The lowest BCUT2D eigenvalue weighted by molar-refractivity contribution is 0.1000. The van der Waals surface area contributed by atoms with Crippen LogP contribution in [-0.4, -0.2) is 42.9 Å². The number of morpholine rings is 1. The van der Waals surface area contributed by atoms with Gasteiger partial charge in [0.2, 0.25) is 0 Å². The number of hydrogen-bond donors (Lipinski definition) is 1. The van der Waals surface area contributed by atoms with Gasteiger partial charge in [-0.3, -0.25) is 9.79 Å². The standard InChI is InChI=1S/C19H18N2O3/c22-15-4-1-13(2-5-15)18-12-19(23)16-11-14(3-6-17(16)20-18)21-7-9-24-10-8-21/h1-6,11,22H,7-10,12H2. The van der Waals surface area contributed by atoms with Crippen LogP contribution in [0, 0.1) is 0 Å². The molecule has 1 saturated heterocycles. The van der Waals surface area contributed by atoms with Gasteiger partial charge < -0.3 is 14.7 Å². The lowest BCUT2D eigenvalue weighted by Gasteiger charge is -2.29. The average Bonchev–Trinajstić information content (AvgIpc) is 2.63. The molecule has 5 nitrogen and oxygen atoms in total. The largest absolute Gasteiger partial charge is 0.508 e. The van der Waals surface area contributed by atoms with Crippen molar-refractivity contribution in [1.29, 1.82) is 0 Å². The minimum absolute atomic E-state index is 0.0817. The first-order valence-corrected chi connectivity index (χ1v) is 8.07. The number of aromatic hydroxyl groups is 1. The highest BCUT2D eigenvalue weighted by Crippen LogP contribution is 2.32. The number of hydrogen-bond acceptors (Lipinski definition) is 5. The van der Waals surface area contributed by atoms with E-state index >= 15 is 0 Å². The molecule has 1 N–H and O–H groups in total. The Morgan fingerprint density at radius 3 is 2.54 bits per heavy atom. The Balaban J connectivity index is 1.67. The van der Waals surface area contributed by atoms with Crippen LogP contribution in [0.3, 0.4) is 0 Å². The van der Waals surface area contributed by atoms with Gasteiger partial charge in [0.25, 0.3) is 0 Å². The quantitative estimate of drug-likeness (QED) is 0.923. The topological polar surface area (TPSA) is 62.1 Å². The second-order valence-corrected chi connectivity index (χ2v) is 6.01. The first-order valence-electron chi connectivity index (χ1n) is 8.07. The second-order valence-electron chi connectivity index (χ2n) is 6.01. The van der Waals surface area contributed by atoms with Crippen molar-refractivity contribution in [1.82, 2.24) is 0 Å². The molecular formula is C19H18N2O3. The van der Waals surface area contributed by atoms with Crippen molar-refractivity contribution in [3.8, 4) is 5.75 Å². The maximum atomic E-state index is 12.6. The molecule has 2 aromatic carbocycles. The molecular weight excluding hydrogens is 304 g/mol. The van der Waals surface area contributed by atoms with E-state index in [1.807, 2.05) is 18.2 Å². The van der Waals surface area contributed by atoms with Crippen molar-refractivity contribution in [2.45, 2.75) is 6.42 Å². The smallest absolute Gasteiger partial charge is 0.171 e. The Bertz CT molecular complexity index is 806. The van der Waals surface area contributed by atoms with E-state index in [0.717, 1.165) is 30.1 Å². The molecule has 0 bridgehead atoms. The Hall–Kier alpha value is -2.66. The van der Waals surface area contributed by atoms with Crippen molar-refractivity contribution in [3.63, 3.8) is 0 Å². The highest BCUT2D eigenvalue weighted by atomic mass is 16.5. The molecule has 0 saturated carbocycles. The molecule has 0 aromatic heterocycles. The Morgan fingerprint density at radius 1 is 1.04 bits per heavy atom. The predicted molar refractivity (Wildman–Crippen MR) is 92.7 cm³/mol. The van der Waals surface area contributed by atoms with Crippen LogP contribution in [0.1, 0.15) is 22.3 Å². The number of nitrogens with zero attached hydrogens (tertiary/aromatic N) is 2. The van der Waals surface area contributed by atoms with E-state index in [-0.39, 0.29) is 18.0 Å². The molecule has 5 heteroatoms. The number of anilines is 1. The zero-order chi connectivity index (χ0) is 16.5. The zero-order valence-corrected chi connectivity index (χ0v) is 13.2. The van der Waals surface area contributed by atoms with Crippen LogP contribution in [0.15, 0.2) is 47.5 Å². The molecule has 2 heterocycles. The molecule has 0 aliphatic carbocycles. The Kier molecular flexibility index (Phi) is 3.78. The molecule has 2 aromatic rings. The molecule has 0 amide bonds. The predicted octanol–water partition coefficient (Wildman–Crippen LogP) is 2.94. The van der Waals surface area contributed by atoms with Crippen molar-refractivity contribution < 1.29 is 14.6 Å². The lowest BCUT2D eigenvalue weighted by atomic mass is 9.95. The summed E-state index contributed by atoms with van der Waals surface area (Å²) in [6.45, 7) is 3.12. The Morgan fingerprint density at radius 2 is 1.79 bits per heavy atom. The van der Waals surface area contributed by atoms with E-state index < -0.39 is 0 Å². The van der Waals surface area contributed by atoms with Gasteiger partial charge in [0.15, 0.2) is 5.78 Å². The van der Waals surface area contributed by atoms with Gasteiger partial charge in [-0.15, -0.1) is 0 Å². The number of phenolic OH excluding ortho intramolecular Hbond substituents is 1. The van der Waals surface area contributed by atoms with Crippen LogP contribution in [0.2, 0.25) is 0 Å². The number of phenols is 1. The number of carbonyl (C=O) groups excluding carboxylic acids is 1. The van der Waals surface area contributed by atoms with Crippen LogP contribution in [0.25, 0.3) is 0 Å². The summed E-state index contributed by atoms with van der Waals surface area (Å²) in [4.78, 5) is 19.5. The van der Waals surface area contributed by atoms with Gasteiger partial charge in [-0.2, -0.15) is 0 Å². The van der Waals surface area contributed by atoms with Gasteiger partial charge in [0, 0.05) is 24.3 Å². The number of ketones is 1. The van der Waals surface area contributed by atoms with E-state index in [9.17, 15) is 9.90 Å². The Labute approximate surface area is 140 Å². The van der Waals surface area contributed by atoms with Crippen molar-refractivity contribution >= 4 is 22.9 Å². The zero-order valence-electron chi connectivity index (χ0n) is 13.2. The van der Waals surface area contributed by atoms with Gasteiger partial charge in [-0.05, 0) is 48.0 Å². The van der Waals surface area contributed by atoms with Crippen LogP contribution in [0.5, 0.6) is 5.75 Å². The fraction of sp³-hybridized carbons (Fsp3) is 0.263. The summed E-state index contributed by atoms with van der Waals surface area (Å²) in [7, 11) is 0. The minimum atomic E-state index is 0.0817. The summed E-state index contributed by atoms with van der Waals surface area (Å²) in [5.74, 6) is 0.287. The lowest BCUT2D eigenvalue weighted by Crippen LogP contribution is -2.36. The third-order valence-electron chi connectivity index (χ3n) is 4.44. The third-order valence-corrected chi connectivity index (χ3v) is 4.44. The van der Waals surface area contributed by atoms with Gasteiger partial charge >= 0.3 is 0 Å². The number of benzene rings is 2. The van der Waals surface area contributed by atoms with Crippen LogP contribution < -0.4 is 4.90 Å². The summed E-state index contributed by atoms with van der Waals surface area (Å²) in [5.41, 5.74) is 4.05. The molecule has 122 valence electrons. The molecule has 0 atom stereocenters. The van der Waals surface area contributed by atoms with Gasteiger partial charge in [-0.25, -0.2) is 0 Å². The normalized spacial score (nSPS) is 17.4. The van der Waals surface area contributed by atoms with E-state index in [2.05, 4.69) is 9.89 Å². The van der Waals surface area contributed by atoms with Crippen LogP contribution in [0.4, 0.5) is 11.4 Å². The summed E-state index contributed by atoms with van der Waals surface area (Å²) in [6, 6.07) is 12.7. The number of rotatable bonds is 2. The number of aliphatic imine (C=N–C) groups is 1. The van der Waals surface area contributed by atoms with Gasteiger partial charge in [-0.1, -0.05) is 0 Å². The molecule has 24 heavy (non-hydrogen) atoms.